The zero-order valence-corrected chi connectivity index (χ0v) is 16.5. The SMILES string of the molecule is CCOC(=O)CC(CC(C)C)C(=O)NCc1ccc(-c2cccs2)cc1. The van der Waals surface area contributed by atoms with Crippen LogP contribution in [0.15, 0.2) is 41.8 Å². The number of benzene rings is 1. The van der Waals surface area contributed by atoms with E-state index in [9.17, 15) is 9.59 Å². The molecular weight excluding hydrogens is 346 g/mol. The van der Waals surface area contributed by atoms with Gasteiger partial charge in [0.25, 0.3) is 0 Å². The van der Waals surface area contributed by atoms with Crippen molar-refractivity contribution in [2.75, 3.05) is 6.61 Å². The molecule has 0 saturated carbocycles. The second-order valence-corrected chi connectivity index (χ2v) is 7.68. The minimum Gasteiger partial charge on any atom is -0.466 e. The van der Waals surface area contributed by atoms with Gasteiger partial charge in [-0.1, -0.05) is 44.2 Å². The van der Waals surface area contributed by atoms with E-state index in [0.717, 1.165) is 5.56 Å². The van der Waals surface area contributed by atoms with Crippen molar-refractivity contribution in [2.45, 2.75) is 40.2 Å². The molecule has 26 heavy (non-hydrogen) atoms. The molecule has 0 bridgehead atoms. The molecular formula is C21H27NO3S. The molecule has 0 saturated heterocycles. The monoisotopic (exact) mass is 373 g/mol. The molecule has 140 valence electrons. The van der Waals surface area contributed by atoms with Crippen LogP contribution in [0, 0.1) is 11.8 Å². The van der Waals surface area contributed by atoms with E-state index in [1.165, 1.54) is 10.4 Å². The molecule has 1 aromatic carbocycles. The number of rotatable bonds is 9. The maximum absolute atomic E-state index is 12.5. The van der Waals surface area contributed by atoms with Crippen molar-refractivity contribution < 1.29 is 14.3 Å². The zero-order valence-electron chi connectivity index (χ0n) is 15.7. The highest BCUT2D eigenvalue weighted by molar-refractivity contribution is 7.13. The summed E-state index contributed by atoms with van der Waals surface area (Å²) in [5.74, 6) is -0.410. The van der Waals surface area contributed by atoms with Gasteiger partial charge in [0.05, 0.1) is 13.0 Å². The van der Waals surface area contributed by atoms with Crippen LogP contribution in [0.4, 0.5) is 0 Å². The van der Waals surface area contributed by atoms with Crippen molar-refractivity contribution in [1.82, 2.24) is 5.32 Å². The minimum atomic E-state index is -0.348. The molecule has 0 radical (unpaired) electrons. The van der Waals surface area contributed by atoms with Crippen LogP contribution in [-0.4, -0.2) is 18.5 Å². The van der Waals surface area contributed by atoms with Crippen LogP contribution in [0.2, 0.25) is 0 Å². The lowest BCUT2D eigenvalue weighted by Crippen LogP contribution is -2.33. The molecule has 2 aromatic rings. The van der Waals surface area contributed by atoms with Gasteiger partial charge in [-0.25, -0.2) is 0 Å². The molecule has 1 atom stereocenters. The third-order valence-electron chi connectivity index (χ3n) is 4.07. The molecule has 5 heteroatoms. The summed E-state index contributed by atoms with van der Waals surface area (Å²) in [6.07, 6.45) is 0.803. The van der Waals surface area contributed by atoms with Crippen LogP contribution in [0.3, 0.4) is 0 Å². The normalized spacial score (nSPS) is 12.0. The van der Waals surface area contributed by atoms with Gasteiger partial charge < -0.3 is 10.1 Å². The maximum Gasteiger partial charge on any atom is 0.306 e. The van der Waals surface area contributed by atoms with Crippen LogP contribution < -0.4 is 5.32 Å². The van der Waals surface area contributed by atoms with Gasteiger partial charge in [-0.2, -0.15) is 0 Å². The fraction of sp³-hybridized carbons (Fsp3) is 0.429. The van der Waals surface area contributed by atoms with E-state index < -0.39 is 0 Å². The third kappa shape index (κ3) is 6.30. The minimum absolute atomic E-state index is 0.0888. The molecule has 0 aliphatic heterocycles. The molecule has 1 heterocycles. The molecule has 1 amide bonds. The molecule has 0 fully saturated rings. The molecule has 0 spiro atoms. The fourth-order valence-electron chi connectivity index (χ4n) is 2.84. The van der Waals surface area contributed by atoms with Gasteiger partial charge in [-0.3, -0.25) is 9.59 Å². The first-order valence-corrected chi connectivity index (χ1v) is 9.93. The Bertz CT molecular complexity index is 693. The number of ether oxygens (including phenoxy) is 1. The summed E-state index contributed by atoms with van der Waals surface area (Å²) < 4.78 is 5.00. The Morgan fingerprint density at radius 2 is 1.88 bits per heavy atom. The first-order chi connectivity index (χ1) is 12.5. The predicted octanol–water partition coefficient (Wildman–Crippen LogP) is 4.65. The number of carbonyl (C=O) groups is 2. The van der Waals surface area contributed by atoms with Crippen molar-refractivity contribution in [1.29, 1.82) is 0 Å². The summed E-state index contributed by atoms with van der Waals surface area (Å²) in [5.41, 5.74) is 2.22. The van der Waals surface area contributed by atoms with Gasteiger partial charge in [-0.15, -0.1) is 11.3 Å². The molecule has 4 nitrogen and oxygen atoms in total. The lowest BCUT2D eigenvalue weighted by Gasteiger charge is -2.18. The summed E-state index contributed by atoms with van der Waals surface area (Å²) in [5, 5.41) is 5.02. The van der Waals surface area contributed by atoms with Gasteiger partial charge in [0.2, 0.25) is 5.91 Å². The smallest absolute Gasteiger partial charge is 0.306 e. The Labute approximate surface area is 159 Å². The fourth-order valence-corrected chi connectivity index (χ4v) is 3.57. The third-order valence-corrected chi connectivity index (χ3v) is 4.99. The Morgan fingerprint density at radius 3 is 2.46 bits per heavy atom. The largest absolute Gasteiger partial charge is 0.466 e. The second-order valence-electron chi connectivity index (χ2n) is 6.73. The summed E-state index contributed by atoms with van der Waals surface area (Å²) in [6.45, 7) is 6.67. The maximum atomic E-state index is 12.5. The number of hydrogen-bond donors (Lipinski definition) is 1. The lowest BCUT2D eigenvalue weighted by molar-refractivity contribution is -0.146. The number of amides is 1. The Balaban J connectivity index is 1.92. The average Bonchev–Trinajstić information content (AvgIpc) is 3.14. The van der Waals surface area contributed by atoms with Gasteiger partial charge in [0, 0.05) is 17.3 Å². The van der Waals surface area contributed by atoms with Gasteiger partial charge in [0.1, 0.15) is 0 Å². The highest BCUT2D eigenvalue weighted by Gasteiger charge is 2.23. The molecule has 1 aromatic heterocycles. The Morgan fingerprint density at radius 1 is 1.15 bits per heavy atom. The van der Waals surface area contributed by atoms with Crippen molar-refractivity contribution in [3.63, 3.8) is 0 Å². The number of carbonyl (C=O) groups excluding carboxylic acids is 2. The molecule has 2 rings (SSSR count). The summed E-state index contributed by atoms with van der Waals surface area (Å²) in [6, 6.07) is 12.3. The number of esters is 1. The second kappa shape index (κ2) is 10.1. The average molecular weight is 374 g/mol. The van der Waals surface area contributed by atoms with Crippen LogP contribution in [0.25, 0.3) is 10.4 Å². The van der Waals surface area contributed by atoms with Crippen LogP contribution in [-0.2, 0) is 20.9 Å². The molecule has 1 N–H and O–H groups in total. The van der Waals surface area contributed by atoms with E-state index in [-0.39, 0.29) is 24.2 Å². The van der Waals surface area contributed by atoms with Crippen molar-refractivity contribution >= 4 is 23.2 Å². The van der Waals surface area contributed by atoms with Crippen LogP contribution in [0.1, 0.15) is 39.2 Å². The van der Waals surface area contributed by atoms with Crippen molar-refractivity contribution in [3.8, 4) is 10.4 Å². The van der Waals surface area contributed by atoms with E-state index in [1.807, 2.05) is 18.2 Å². The van der Waals surface area contributed by atoms with E-state index >= 15 is 0 Å². The quantitative estimate of drug-likeness (QED) is 0.651. The first kappa shape index (κ1) is 20.2. The lowest BCUT2D eigenvalue weighted by atomic mass is 9.93. The predicted molar refractivity (Wildman–Crippen MR) is 106 cm³/mol. The standard InChI is InChI=1S/C21H27NO3S/c1-4-25-20(23)13-18(12-15(2)3)21(24)22-14-16-7-9-17(10-8-16)19-6-5-11-26-19/h5-11,15,18H,4,12-14H2,1-3H3,(H,22,24). The molecule has 0 aliphatic rings. The van der Waals surface area contributed by atoms with Gasteiger partial charge >= 0.3 is 5.97 Å². The van der Waals surface area contributed by atoms with Crippen LogP contribution >= 0.6 is 11.3 Å². The van der Waals surface area contributed by atoms with Crippen molar-refractivity contribution in [3.05, 3.63) is 47.3 Å². The van der Waals surface area contributed by atoms with E-state index in [0.29, 0.717) is 25.5 Å². The van der Waals surface area contributed by atoms with E-state index in [4.69, 9.17) is 4.74 Å². The molecule has 0 aliphatic carbocycles. The van der Waals surface area contributed by atoms with Crippen molar-refractivity contribution in [2.24, 2.45) is 11.8 Å². The highest BCUT2D eigenvalue weighted by atomic mass is 32.1. The topological polar surface area (TPSA) is 55.4 Å². The molecule has 1 unspecified atom stereocenters. The van der Waals surface area contributed by atoms with Gasteiger partial charge in [-0.05, 0) is 41.8 Å². The summed E-state index contributed by atoms with van der Waals surface area (Å²) in [4.78, 5) is 25.5. The Hall–Kier alpha value is -2.14. The number of hydrogen-bond acceptors (Lipinski definition) is 4. The van der Waals surface area contributed by atoms with Gasteiger partial charge in [0.15, 0.2) is 0 Å². The zero-order chi connectivity index (χ0) is 18.9. The number of thiophene rings is 1. The summed E-state index contributed by atoms with van der Waals surface area (Å²) >= 11 is 1.71. The van der Waals surface area contributed by atoms with E-state index in [2.05, 4.69) is 42.7 Å². The highest BCUT2D eigenvalue weighted by Crippen LogP contribution is 2.24. The van der Waals surface area contributed by atoms with E-state index in [1.54, 1.807) is 18.3 Å². The Kier molecular flexibility index (Phi) is 7.85. The van der Waals surface area contributed by atoms with Crippen LogP contribution in [0.5, 0.6) is 0 Å². The summed E-state index contributed by atoms with van der Waals surface area (Å²) in [7, 11) is 0. The number of nitrogens with one attached hydrogen (secondary N) is 1. The first-order valence-electron chi connectivity index (χ1n) is 9.05.